The second-order valence-corrected chi connectivity index (χ2v) is 7.84. The van der Waals surface area contributed by atoms with Gasteiger partial charge in [0.15, 0.2) is 5.82 Å². The van der Waals surface area contributed by atoms with Crippen molar-refractivity contribution >= 4 is 17.8 Å². The molecule has 2 bridgehead atoms. The Bertz CT molecular complexity index is 919. The minimum Gasteiger partial charge on any atom is -0.507 e. The Kier molecular flexibility index (Phi) is 5.96. The monoisotopic (exact) mass is 409 g/mol. The number of rotatable bonds is 5. The highest BCUT2D eigenvalue weighted by atomic mass is 16.5. The fraction of sp³-hybridized carbons (Fsp3) is 0.409. The lowest BCUT2D eigenvalue weighted by Gasteiger charge is -2.43. The van der Waals surface area contributed by atoms with Crippen molar-refractivity contribution in [1.82, 2.24) is 20.8 Å². The van der Waals surface area contributed by atoms with E-state index in [-0.39, 0.29) is 11.7 Å². The van der Waals surface area contributed by atoms with Crippen molar-refractivity contribution in [1.29, 1.82) is 0 Å². The molecular weight excluding hydrogens is 382 g/mol. The molecule has 3 heterocycles. The molecule has 1 aromatic heterocycles. The molecule has 1 amide bonds. The number of nitrogens with zero attached hydrogens (tertiary/aromatic N) is 3. The molecule has 2 unspecified atom stereocenters. The summed E-state index contributed by atoms with van der Waals surface area (Å²) in [5.74, 6) is 0.707. The number of carbonyl (C=O) groups excluding carboxylic acids is 1. The van der Waals surface area contributed by atoms with Crippen molar-refractivity contribution in [2.75, 3.05) is 32.2 Å². The predicted molar refractivity (Wildman–Crippen MR) is 115 cm³/mol. The van der Waals surface area contributed by atoms with Crippen LogP contribution in [-0.2, 0) is 9.53 Å². The highest BCUT2D eigenvalue weighted by Gasteiger charge is 2.34. The normalized spacial score (nSPS) is 23.3. The van der Waals surface area contributed by atoms with Gasteiger partial charge in [-0.1, -0.05) is 6.07 Å². The molecule has 0 saturated carbocycles. The van der Waals surface area contributed by atoms with E-state index in [0.29, 0.717) is 29.4 Å². The predicted octanol–water partition coefficient (Wildman–Crippen LogP) is 1.56. The van der Waals surface area contributed by atoms with E-state index < -0.39 is 0 Å². The highest BCUT2D eigenvalue weighted by molar-refractivity contribution is 5.91. The summed E-state index contributed by atoms with van der Waals surface area (Å²) in [7, 11) is 3.62. The van der Waals surface area contributed by atoms with Crippen molar-refractivity contribution in [2.24, 2.45) is 0 Å². The van der Waals surface area contributed by atoms with Gasteiger partial charge in [-0.3, -0.25) is 4.79 Å². The van der Waals surface area contributed by atoms with Crippen molar-refractivity contribution in [2.45, 2.75) is 31.0 Å². The number of hydrogen-bond donors (Lipinski definition) is 3. The van der Waals surface area contributed by atoms with Crippen LogP contribution in [0.25, 0.3) is 17.3 Å². The number of nitrogens with one attached hydrogen (secondary N) is 2. The number of hydrogen-bond acceptors (Lipinski definition) is 7. The van der Waals surface area contributed by atoms with Crippen molar-refractivity contribution in [3.8, 4) is 17.0 Å². The van der Waals surface area contributed by atoms with Gasteiger partial charge in [-0.2, -0.15) is 0 Å². The zero-order valence-corrected chi connectivity index (χ0v) is 17.2. The third-order valence-electron chi connectivity index (χ3n) is 5.75. The SMILES string of the molecule is CNC(=O)/C=C/c1ccc(-c2ccc(N(C)C3CC4COCC(C3)N4)nn2)c(O)c1. The van der Waals surface area contributed by atoms with Crippen LogP contribution in [0.1, 0.15) is 18.4 Å². The molecule has 3 N–H and O–H groups in total. The minimum absolute atomic E-state index is 0.0932. The Morgan fingerprint density at radius 1 is 1.23 bits per heavy atom. The molecule has 0 aliphatic carbocycles. The fourth-order valence-corrected chi connectivity index (χ4v) is 4.09. The maximum atomic E-state index is 11.3. The highest BCUT2D eigenvalue weighted by Crippen LogP contribution is 2.30. The van der Waals surface area contributed by atoms with E-state index in [0.717, 1.165) is 37.4 Å². The third kappa shape index (κ3) is 4.44. The molecule has 0 radical (unpaired) electrons. The molecular formula is C22H27N5O3. The average Bonchev–Trinajstić information content (AvgIpc) is 2.77. The number of carbonyl (C=O) groups is 1. The van der Waals surface area contributed by atoms with Gasteiger partial charge in [-0.05, 0) is 48.7 Å². The molecule has 2 fully saturated rings. The van der Waals surface area contributed by atoms with E-state index in [1.54, 1.807) is 25.3 Å². The Morgan fingerprint density at radius 2 is 2.00 bits per heavy atom. The first-order valence-electron chi connectivity index (χ1n) is 10.2. The lowest BCUT2D eigenvalue weighted by molar-refractivity contribution is -0.115. The summed E-state index contributed by atoms with van der Waals surface area (Å²) >= 11 is 0. The number of ether oxygens (including phenoxy) is 1. The molecule has 2 saturated heterocycles. The lowest BCUT2D eigenvalue weighted by Crippen LogP contribution is -2.58. The Labute approximate surface area is 176 Å². The van der Waals surface area contributed by atoms with Gasteiger partial charge in [0.2, 0.25) is 5.91 Å². The Hall–Kier alpha value is -2.97. The number of phenols is 1. The molecule has 0 spiro atoms. The Morgan fingerprint density at radius 3 is 2.63 bits per heavy atom. The molecule has 8 nitrogen and oxygen atoms in total. The quantitative estimate of drug-likeness (QED) is 0.645. The van der Waals surface area contributed by atoms with Crippen LogP contribution in [0.4, 0.5) is 5.82 Å². The zero-order chi connectivity index (χ0) is 21.1. The smallest absolute Gasteiger partial charge is 0.243 e. The first kappa shape index (κ1) is 20.3. The number of anilines is 1. The summed E-state index contributed by atoms with van der Waals surface area (Å²) in [4.78, 5) is 13.5. The summed E-state index contributed by atoms with van der Waals surface area (Å²) in [6, 6.07) is 10.2. The molecule has 158 valence electrons. The maximum absolute atomic E-state index is 11.3. The molecule has 2 aromatic rings. The molecule has 8 heteroatoms. The topological polar surface area (TPSA) is 99.6 Å². The summed E-state index contributed by atoms with van der Waals surface area (Å²) in [6.07, 6.45) is 5.09. The molecule has 2 aliphatic rings. The molecule has 1 aromatic carbocycles. The van der Waals surface area contributed by atoms with E-state index >= 15 is 0 Å². The van der Waals surface area contributed by atoms with Crippen LogP contribution in [-0.4, -0.2) is 66.6 Å². The number of aromatic hydroxyl groups is 1. The zero-order valence-electron chi connectivity index (χ0n) is 17.2. The van der Waals surface area contributed by atoms with Gasteiger partial charge in [0, 0.05) is 43.9 Å². The average molecular weight is 409 g/mol. The minimum atomic E-state index is -0.200. The molecule has 2 aliphatic heterocycles. The first-order chi connectivity index (χ1) is 14.5. The van der Waals surface area contributed by atoms with E-state index in [4.69, 9.17) is 4.74 Å². The van der Waals surface area contributed by atoms with Gasteiger partial charge < -0.3 is 25.4 Å². The summed E-state index contributed by atoms with van der Waals surface area (Å²) in [5, 5.41) is 25.3. The van der Waals surface area contributed by atoms with E-state index in [1.165, 1.54) is 6.08 Å². The van der Waals surface area contributed by atoms with E-state index in [9.17, 15) is 9.90 Å². The van der Waals surface area contributed by atoms with Gasteiger partial charge in [0.25, 0.3) is 0 Å². The van der Waals surface area contributed by atoms with Gasteiger partial charge >= 0.3 is 0 Å². The summed E-state index contributed by atoms with van der Waals surface area (Å²) in [5.41, 5.74) is 1.93. The lowest BCUT2D eigenvalue weighted by atomic mass is 9.92. The van der Waals surface area contributed by atoms with Crippen LogP contribution in [0.2, 0.25) is 0 Å². The second-order valence-electron chi connectivity index (χ2n) is 7.84. The van der Waals surface area contributed by atoms with Crippen molar-refractivity contribution in [3.05, 3.63) is 42.0 Å². The van der Waals surface area contributed by atoms with Crippen LogP contribution < -0.4 is 15.5 Å². The largest absolute Gasteiger partial charge is 0.507 e. The van der Waals surface area contributed by atoms with Crippen LogP contribution in [0.15, 0.2) is 36.4 Å². The standard InChI is InChI=1S/C22H27N5O3/c1-23-22(29)8-4-14-3-5-18(20(28)9-14)19-6-7-21(26-25-19)27(2)17-10-15-12-30-13-16(11-17)24-15/h3-9,15-17,24,28H,10-13H2,1-2H3,(H,23,29)/b8-4+. The van der Waals surface area contributed by atoms with Crippen LogP contribution in [0, 0.1) is 0 Å². The number of benzene rings is 1. The third-order valence-corrected chi connectivity index (χ3v) is 5.75. The first-order valence-corrected chi connectivity index (χ1v) is 10.2. The summed E-state index contributed by atoms with van der Waals surface area (Å²) in [6.45, 7) is 1.53. The number of fused-ring (bicyclic) bond motifs is 2. The Balaban J connectivity index is 1.46. The molecule has 30 heavy (non-hydrogen) atoms. The fourth-order valence-electron chi connectivity index (χ4n) is 4.09. The number of aromatic nitrogens is 2. The van der Waals surface area contributed by atoms with Crippen molar-refractivity contribution < 1.29 is 14.6 Å². The number of morpholine rings is 1. The van der Waals surface area contributed by atoms with Crippen LogP contribution >= 0.6 is 0 Å². The van der Waals surface area contributed by atoms with Crippen LogP contribution in [0.3, 0.4) is 0 Å². The van der Waals surface area contributed by atoms with Gasteiger partial charge in [-0.15, -0.1) is 10.2 Å². The number of likely N-dealkylation sites (N-methyl/N-ethyl adjacent to an activating group) is 1. The number of phenolic OH excluding ortho intramolecular Hbond substituents is 1. The molecule has 2 atom stereocenters. The maximum Gasteiger partial charge on any atom is 0.243 e. The van der Waals surface area contributed by atoms with Gasteiger partial charge in [0.1, 0.15) is 5.75 Å². The molecule has 4 rings (SSSR count). The van der Waals surface area contributed by atoms with E-state index in [1.807, 2.05) is 18.2 Å². The van der Waals surface area contributed by atoms with Crippen molar-refractivity contribution in [3.63, 3.8) is 0 Å². The van der Waals surface area contributed by atoms with Gasteiger partial charge in [-0.25, -0.2) is 0 Å². The number of piperidine rings is 1. The summed E-state index contributed by atoms with van der Waals surface area (Å²) < 4.78 is 5.63. The second kappa shape index (κ2) is 8.81. The van der Waals surface area contributed by atoms with Gasteiger partial charge in [0.05, 0.1) is 18.9 Å². The van der Waals surface area contributed by atoms with E-state index in [2.05, 4.69) is 32.8 Å². The number of amides is 1. The van der Waals surface area contributed by atoms with Crippen LogP contribution in [0.5, 0.6) is 5.75 Å².